The molecule has 1 saturated carbocycles. The van der Waals surface area contributed by atoms with Crippen molar-refractivity contribution in [2.75, 3.05) is 17.5 Å². The minimum absolute atomic E-state index is 0.0337. The second-order valence-electron chi connectivity index (χ2n) is 7.77. The van der Waals surface area contributed by atoms with Gasteiger partial charge in [-0.05, 0) is 36.6 Å². The van der Waals surface area contributed by atoms with Gasteiger partial charge >= 0.3 is 0 Å². The SMILES string of the molecule is O=C(C1CC1)N1[C@H](CO)[C@@H]2c3ccccc3N(S(=O)(=O)c3ccccc3)C[C@@H]21. The number of nitrogens with zero attached hydrogens (tertiary/aromatic N) is 2. The highest BCUT2D eigenvalue weighted by Crippen LogP contribution is 2.51. The predicted molar refractivity (Wildman–Crippen MR) is 104 cm³/mol. The van der Waals surface area contributed by atoms with E-state index in [4.69, 9.17) is 0 Å². The molecule has 3 atom stereocenters. The highest BCUT2D eigenvalue weighted by molar-refractivity contribution is 7.92. The first-order valence-corrected chi connectivity index (χ1v) is 11.1. The maximum Gasteiger partial charge on any atom is 0.264 e. The van der Waals surface area contributed by atoms with E-state index in [1.165, 1.54) is 4.31 Å². The Bertz CT molecular complexity index is 1020. The molecule has 0 aromatic heterocycles. The van der Waals surface area contributed by atoms with Crippen LogP contribution in [-0.2, 0) is 14.8 Å². The lowest BCUT2D eigenvalue weighted by Crippen LogP contribution is -2.71. The molecule has 0 spiro atoms. The van der Waals surface area contributed by atoms with Gasteiger partial charge in [-0.15, -0.1) is 0 Å². The quantitative estimate of drug-likeness (QED) is 0.854. The molecule has 2 heterocycles. The van der Waals surface area contributed by atoms with E-state index in [1.807, 2.05) is 24.3 Å². The highest BCUT2D eigenvalue weighted by atomic mass is 32.2. The van der Waals surface area contributed by atoms with E-state index in [2.05, 4.69) is 0 Å². The molecule has 28 heavy (non-hydrogen) atoms. The van der Waals surface area contributed by atoms with Crippen LogP contribution in [0.1, 0.15) is 24.3 Å². The van der Waals surface area contributed by atoms with Gasteiger partial charge in [0.2, 0.25) is 5.91 Å². The van der Waals surface area contributed by atoms with Gasteiger partial charge in [0.1, 0.15) is 0 Å². The molecule has 2 aromatic rings. The van der Waals surface area contributed by atoms with E-state index in [0.717, 1.165) is 18.4 Å². The zero-order chi connectivity index (χ0) is 19.5. The second-order valence-corrected chi connectivity index (χ2v) is 9.63. The van der Waals surface area contributed by atoms with E-state index >= 15 is 0 Å². The minimum Gasteiger partial charge on any atom is -0.394 e. The van der Waals surface area contributed by atoms with Crippen LogP contribution >= 0.6 is 0 Å². The second kappa shape index (κ2) is 6.32. The summed E-state index contributed by atoms with van der Waals surface area (Å²) >= 11 is 0. The van der Waals surface area contributed by atoms with Crippen LogP contribution in [0.25, 0.3) is 0 Å². The number of rotatable bonds is 4. The number of aliphatic hydroxyl groups is 1. The number of para-hydroxylation sites is 1. The number of benzene rings is 2. The van der Waals surface area contributed by atoms with Crippen LogP contribution < -0.4 is 4.31 Å². The average Bonchev–Trinajstić information content (AvgIpc) is 3.54. The molecular weight excluding hydrogens is 376 g/mol. The Balaban J connectivity index is 1.58. The summed E-state index contributed by atoms with van der Waals surface area (Å²) in [6.07, 6.45) is 1.76. The van der Waals surface area contributed by atoms with Gasteiger partial charge in [-0.1, -0.05) is 36.4 Å². The molecular formula is C21H22N2O4S. The molecule has 0 radical (unpaired) electrons. The summed E-state index contributed by atoms with van der Waals surface area (Å²) in [7, 11) is -3.74. The summed E-state index contributed by atoms with van der Waals surface area (Å²) in [4.78, 5) is 14.8. The third kappa shape index (κ3) is 2.49. The molecule has 2 fully saturated rings. The Hall–Kier alpha value is -2.38. The molecule has 1 saturated heterocycles. The predicted octanol–water partition coefficient (Wildman–Crippen LogP) is 1.96. The van der Waals surface area contributed by atoms with Crippen molar-refractivity contribution in [3.05, 3.63) is 60.2 Å². The lowest BCUT2D eigenvalue weighted by molar-refractivity contribution is -0.151. The Morgan fingerprint density at radius 1 is 1.04 bits per heavy atom. The van der Waals surface area contributed by atoms with E-state index in [-0.39, 0.29) is 47.9 Å². The molecule has 146 valence electrons. The van der Waals surface area contributed by atoms with Crippen LogP contribution in [0.15, 0.2) is 59.5 Å². The number of hydrogen-bond acceptors (Lipinski definition) is 4. The number of carbonyl (C=O) groups is 1. The first-order valence-electron chi connectivity index (χ1n) is 9.64. The van der Waals surface area contributed by atoms with Gasteiger partial charge in [0.25, 0.3) is 10.0 Å². The average molecular weight is 398 g/mol. The summed E-state index contributed by atoms with van der Waals surface area (Å²) < 4.78 is 28.2. The van der Waals surface area contributed by atoms with Gasteiger partial charge in [0.05, 0.1) is 35.8 Å². The fourth-order valence-corrected chi connectivity index (χ4v) is 6.17. The van der Waals surface area contributed by atoms with Crippen LogP contribution in [0, 0.1) is 5.92 Å². The van der Waals surface area contributed by atoms with Crippen LogP contribution in [0.5, 0.6) is 0 Å². The van der Waals surface area contributed by atoms with Crippen LogP contribution in [-0.4, -0.2) is 49.6 Å². The van der Waals surface area contributed by atoms with E-state index in [0.29, 0.717) is 5.69 Å². The zero-order valence-electron chi connectivity index (χ0n) is 15.3. The summed E-state index contributed by atoms with van der Waals surface area (Å²) in [5, 5.41) is 9.95. The van der Waals surface area contributed by atoms with Gasteiger partial charge < -0.3 is 10.0 Å². The Labute approximate surface area is 164 Å². The Kier molecular flexibility index (Phi) is 4.00. The Morgan fingerprint density at radius 3 is 2.39 bits per heavy atom. The molecule has 7 heteroatoms. The largest absolute Gasteiger partial charge is 0.394 e. The fraction of sp³-hybridized carbons (Fsp3) is 0.381. The topological polar surface area (TPSA) is 77.9 Å². The molecule has 1 N–H and O–H groups in total. The third-order valence-corrected chi connectivity index (χ3v) is 7.95. The van der Waals surface area contributed by atoms with Crippen LogP contribution in [0.3, 0.4) is 0 Å². The van der Waals surface area contributed by atoms with Crippen molar-refractivity contribution in [2.45, 2.75) is 35.7 Å². The fourth-order valence-electron chi connectivity index (χ4n) is 4.64. The van der Waals surface area contributed by atoms with Gasteiger partial charge in [-0.3, -0.25) is 9.10 Å². The third-order valence-electron chi connectivity index (χ3n) is 6.16. The zero-order valence-corrected chi connectivity index (χ0v) is 16.1. The summed E-state index contributed by atoms with van der Waals surface area (Å²) in [5.41, 5.74) is 1.53. The van der Waals surface area contributed by atoms with Crippen molar-refractivity contribution in [1.82, 2.24) is 4.90 Å². The molecule has 0 bridgehead atoms. The van der Waals surface area contributed by atoms with Crippen molar-refractivity contribution >= 4 is 21.6 Å². The number of carbonyl (C=O) groups excluding carboxylic acids is 1. The van der Waals surface area contributed by atoms with Gasteiger partial charge in [0.15, 0.2) is 0 Å². The molecule has 6 nitrogen and oxygen atoms in total. The highest BCUT2D eigenvalue weighted by Gasteiger charge is 2.57. The normalized spacial score (nSPS) is 26.2. The van der Waals surface area contributed by atoms with Crippen LogP contribution in [0.4, 0.5) is 5.69 Å². The smallest absolute Gasteiger partial charge is 0.264 e. The van der Waals surface area contributed by atoms with Crippen molar-refractivity contribution in [3.63, 3.8) is 0 Å². The molecule has 1 amide bonds. The van der Waals surface area contributed by atoms with Crippen molar-refractivity contribution < 1.29 is 18.3 Å². The summed E-state index contributed by atoms with van der Waals surface area (Å²) in [5.74, 6) is 0.0502. The van der Waals surface area contributed by atoms with Gasteiger partial charge in [-0.25, -0.2) is 8.42 Å². The van der Waals surface area contributed by atoms with Gasteiger partial charge in [0, 0.05) is 11.8 Å². The Morgan fingerprint density at radius 2 is 1.71 bits per heavy atom. The first kappa shape index (κ1) is 17.7. The monoisotopic (exact) mass is 398 g/mol. The molecule has 3 aliphatic rings. The molecule has 2 aliphatic heterocycles. The standard InChI is InChI=1S/C21H22N2O4S/c24-13-19-20-16-8-4-5-9-17(16)22(28(26,27)15-6-2-1-3-7-15)12-18(20)23(19)21(25)14-10-11-14/h1-9,14,18-20,24H,10-13H2/t18-,19+,20+/m0/s1. The molecule has 0 unspecified atom stereocenters. The molecule has 2 aromatic carbocycles. The van der Waals surface area contributed by atoms with E-state index in [1.54, 1.807) is 35.2 Å². The number of sulfonamides is 1. The van der Waals surface area contributed by atoms with Crippen LogP contribution in [0.2, 0.25) is 0 Å². The molecule has 5 rings (SSSR count). The number of hydrogen-bond donors (Lipinski definition) is 1. The number of likely N-dealkylation sites (tertiary alicyclic amines) is 1. The number of anilines is 1. The maximum atomic E-state index is 13.4. The maximum absolute atomic E-state index is 13.4. The first-order chi connectivity index (χ1) is 13.5. The molecule has 1 aliphatic carbocycles. The van der Waals surface area contributed by atoms with E-state index < -0.39 is 10.0 Å². The van der Waals surface area contributed by atoms with Crippen molar-refractivity contribution in [3.8, 4) is 0 Å². The lowest BCUT2D eigenvalue weighted by Gasteiger charge is -2.59. The minimum atomic E-state index is -3.74. The van der Waals surface area contributed by atoms with Crippen molar-refractivity contribution in [2.24, 2.45) is 5.92 Å². The number of amides is 1. The van der Waals surface area contributed by atoms with Crippen molar-refractivity contribution in [1.29, 1.82) is 0 Å². The lowest BCUT2D eigenvalue weighted by atomic mass is 9.72. The number of fused-ring (bicyclic) bond motifs is 3. The van der Waals surface area contributed by atoms with Gasteiger partial charge in [-0.2, -0.15) is 0 Å². The summed E-state index contributed by atoms with van der Waals surface area (Å²) in [6.45, 7) is 0.104. The summed E-state index contributed by atoms with van der Waals surface area (Å²) in [6, 6.07) is 15.3. The van der Waals surface area contributed by atoms with E-state index in [9.17, 15) is 18.3 Å². The number of aliphatic hydroxyl groups excluding tert-OH is 1.